The second-order valence-electron chi connectivity index (χ2n) is 5.10. The average molecular weight is 346 g/mol. The first-order valence-electron chi connectivity index (χ1n) is 7.77. The lowest BCUT2D eigenvalue weighted by Gasteiger charge is -2.09. The number of hydrogen-bond donors (Lipinski definition) is 2. The Morgan fingerprint density at radius 2 is 1.48 bits per heavy atom. The standard InChI is InChI=1S/C18H19FN2O4/c19-14-8-10-16(11-9-14)25-13-18(23)21-20-17(22)7-4-12-24-15-5-2-1-3-6-15/h1-3,5-6,8-11H,4,7,12-13H2,(H,20,22)(H,21,23). The normalized spacial score (nSPS) is 9.96. The molecule has 0 saturated carbocycles. The van der Waals surface area contributed by atoms with Crippen LogP contribution in [-0.2, 0) is 9.59 Å². The van der Waals surface area contributed by atoms with Gasteiger partial charge < -0.3 is 9.47 Å². The molecule has 0 unspecified atom stereocenters. The van der Waals surface area contributed by atoms with Gasteiger partial charge in [-0.25, -0.2) is 4.39 Å². The maximum Gasteiger partial charge on any atom is 0.276 e. The topological polar surface area (TPSA) is 76.7 Å². The molecule has 6 nitrogen and oxygen atoms in total. The van der Waals surface area contributed by atoms with Gasteiger partial charge >= 0.3 is 0 Å². The van der Waals surface area contributed by atoms with Crippen LogP contribution < -0.4 is 20.3 Å². The van der Waals surface area contributed by atoms with Gasteiger partial charge in [-0.05, 0) is 42.8 Å². The van der Waals surface area contributed by atoms with Crippen LogP contribution in [0.25, 0.3) is 0 Å². The molecule has 0 aromatic heterocycles. The third-order valence-electron chi connectivity index (χ3n) is 3.09. The molecule has 0 aliphatic heterocycles. The number of amides is 2. The summed E-state index contributed by atoms with van der Waals surface area (Å²) in [4.78, 5) is 23.2. The van der Waals surface area contributed by atoms with Crippen molar-refractivity contribution < 1.29 is 23.5 Å². The summed E-state index contributed by atoms with van der Waals surface area (Å²) in [6, 6.07) is 14.6. The van der Waals surface area contributed by atoms with Gasteiger partial charge in [0.1, 0.15) is 17.3 Å². The highest BCUT2D eigenvalue weighted by Crippen LogP contribution is 2.10. The molecule has 0 heterocycles. The summed E-state index contributed by atoms with van der Waals surface area (Å²) in [6.45, 7) is 0.113. The van der Waals surface area contributed by atoms with Crippen LogP contribution in [-0.4, -0.2) is 25.0 Å². The predicted octanol–water partition coefficient (Wildman–Crippen LogP) is 2.21. The number of rotatable bonds is 8. The molecule has 2 N–H and O–H groups in total. The number of carbonyl (C=O) groups is 2. The Balaban J connectivity index is 1.54. The van der Waals surface area contributed by atoms with Crippen molar-refractivity contribution in [3.63, 3.8) is 0 Å². The lowest BCUT2D eigenvalue weighted by molar-refractivity contribution is -0.130. The molecule has 0 saturated heterocycles. The Labute approximate surface area is 144 Å². The fourth-order valence-corrected chi connectivity index (χ4v) is 1.86. The number of hydrazine groups is 1. The molecule has 0 spiro atoms. The van der Waals surface area contributed by atoms with Crippen LogP contribution in [0.1, 0.15) is 12.8 Å². The van der Waals surface area contributed by atoms with Gasteiger partial charge in [-0.3, -0.25) is 20.4 Å². The van der Waals surface area contributed by atoms with Gasteiger partial charge in [0.05, 0.1) is 6.61 Å². The summed E-state index contributed by atoms with van der Waals surface area (Å²) in [6.07, 6.45) is 0.731. The third-order valence-corrected chi connectivity index (χ3v) is 3.09. The molecule has 132 valence electrons. The van der Waals surface area contributed by atoms with E-state index < -0.39 is 5.91 Å². The van der Waals surface area contributed by atoms with Crippen molar-refractivity contribution in [2.75, 3.05) is 13.2 Å². The number of nitrogens with one attached hydrogen (secondary N) is 2. The summed E-state index contributed by atoms with van der Waals surface area (Å²) in [5, 5.41) is 0. The fraction of sp³-hybridized carbons (Fsp3) is 0.222. The first kappa shape index (κ1) is 18.3. The number of ether oxygens (including phenoxy) is 2. The first-order chi connectivity index (χ1) is 12.1. The van der Waals surface area contributed by atoms with Gasteiger partial charge in [0.2, 0.25) is 5.91 Å². The molecule has 0 atom stereocenters. The van der Waals surface area contributed by atoms with E-state index in [0.29, 0.717) is 18.8 Å². The summed E-state index contributed by atoms with van der Waals surface area (Å²) in [5.41, 5.74) is 4.54. The highest BCUT2D eigenvalue weighted by Gasteiger charge is 2.06. The zero-order chi connectivity index (χ0) is 17.9. The average Bonchev–Trinajstić information content (AvgIpc) is 2.64. The van der Waals surface area contributed by atoms with Crippen LogP contribution in [0.3, 0.4) is 0 Å². The summed E-state index contributed by atoms with van der Waals surface area (Å²) < 4.78 is 23.3. The van der Waals surface area contributed by atoms with E-state index in [4.69, 9.17) is 9.47 Å². The molecule has 7 heteroatoms. The minimum atomic E-state index is -0.516. The molecular weight excluding hydrogens is 327 g/mol. The minimum absolute atomic E-state index is 0.214. The van der Waals surface area contributed by atoms with Crippen molar-refractivity contribution in [3.8, 4) is 11.5 Å². The largest absolute Gasteiger partial charge is 0.494 e. The maximum absolute atomic E-state index is 12.7. The Bertz CT molecular complexity index is 677. The molecule has 2 aromatic rings. The molecule has 0 aliphatic carbocycles. The van der Waals surface area contributed by atoms with Crippen molar-refractivity contribution >= 4 is 11.8 Å². The SMILES string of the molecule is O=C(CCCOc1ccccc1)NNC(=O)COc1ccc(F)cc1. The highest BCUT2D eigenvalue weighted by atomic mass is 19.1. The van der Waals surface area contributed by atoms with E-state index in [1.807, 2.05) is 30.3 Å². The van der Waals surface area contributed by atoms with Crippen LogP contribution >= 0.6 is 0 Å². The third kappa shape index (κ3) is 7.34. The predicted molar refractivity (Wildman–Crippen MR) is 89.4 cm³/mol. The van der Waals surface area contributed by atoms with E-state index in [0.717, 1.165) is 5.75 Å². The minimum Gasteiger partial charge on any atom is -0.494 e. The van der Waals surface area contributed by atoms with Crippen LogP contribution in [0.4, 0.5) is 4.39 Å². The molecule has 0 fully saturated rings. The molecule has 2 rings (SSSR count). The number of halogens is 1. The van der Waals surface area contributed by atoms with Gasteiger partial charge in [-0.1, -0.05) is 18.2 Å². The lowest BCUT2D eigenvalue weighted by atomic mass is 10.3. The van der Waals surface area contributed by atoms with E-state index in [2.05, 4.69) is 10.9 Å². The number of para-hydroxylation sites is 1. The van der Waals surface area contributed by atoms with Crippen LogP contribution in [0.5, 0.6) is 11.5 Å². The number of carbonyl (C=O) groups excluding carboxylic acids is 2. The van der Waals surface area contributed by atoms with E-state index >= 15 is 0 Å². The van der Waals surface area contributed by atoms with E-state index in [-0.39, 0.29) is 24.8 Å². The van der Waals surface area contributed by atoms with E-state index in [9.17, 15) is 14.0 Å². The zero-order valence-electron chi connectivity index (χ0n) is 13.5. The van der Waals surface area contributed by atoms with Crippen molar-refractivity contribution in [1.82, 2.24) is 10.9 Å². The lowest BCUT2D eigenvalue weighted by Crippen LogP contribution is -2.43. The van der Waals surface area contributed by atoms with Gasteiger partial charge in [0.15, 0.2) is 6.61 Å². The Hall–Kier alpha value is -3.09. The van der Waals surface area contributed by atoms with E-state index in [1.165, 1.54) is 24.3 Å². The number of benzene rings is 2. The molecule has 2 amide bonds. The Morgan fingerprint density at radius 3 is 2.20 bits per heavy atom. The van der Waals surface area contributed by atoms with E-state index in [1.54, 1.807) is 0 Å². The van der Waals surface area contributed by atoms with Gasteiger partial charge in [0.25, 0.3) is 5.91 Å². The summed E-state index contributed by atoms with van der Waals surface area (Å²) in [7, 11) is 0. The molecular formula is C18H19FN2O4. The van der Waals surface area contributed by atoms with Crippen molar-refractivity contribution in [2.24, 2.45) is 0 Å². The Morgan fingerprint density at radius 1 is 0.840 bits per heavy atom. The quantitative estimate of drug-likeness (QED) is 0.568. The Kier molecular flexibility index (Phi) is 7.24. The van der Waals surface area contributed by atoms with Crippen LogP contribution in [0, 0.1) is 5.82 Å². The van der Waals surface area contributed by atoms with Crippen LogP contribution in [0.15, 0.2) is 54.6 Å². The molecule has 25 heavy (non-hydrogen) atoms. The molecule has 0 aliphatic rings. The van der Waals surface area contributed by atoms with Crippen LogP contribution in [0.2, 0.25) is 0 Å². The van der Waals surface area contributed by atoms with Crippen molar-refractivity contribution in [2.45, 2.75) is 12.8 Å². The fourth-order valence-electron chi connectivity index (χ4n) is 1.86. The summed E-state index contributed by atoms with van der Waals surface area (Å²) >= 11 is 0. The van der Waals surface area contributed by atoms with Gasteiger partial charge in [0, 0.05) is 6.42 Å². The van der Waals surface area contributed by atoms with Gasteiger partial charge in [-0.15, -0.1) is 0 Å². The molecule has 0 bridgehead atoms. The second kappa shape index (κ2) is 9.92. The molecule has 0 radical (unpaired) electrons. The monoisotopic (exact) mass is 346 g/mol. The molecule has 2 aromatic carbocycles. The number of hydrogen-bond acceptors (Lipinski definition) is 4. The smallest absolute Gasteiger partial charge is 0.276 e. The first-order valence-corrected chi connectivity index (χ1v) is 7.77. The van der Waals surface area contributed by atoms with Crippen molar-refractivity contribution in [1.29, 1.82) is 0 Å². The van der Waals surface area contributed by atoms with Gasteiger partial charge in [-0.2, -0.15) is 0 Å². The second-order valence-corrected chi connectivity index (χ2v) is 5.10. The van der Waals surface area contributed by atoms with Crippen molar-refractivity contribution in [3.05, 3.63) is 60.4 Å². The maximum atomic E-state index is 12.7. The summed E-state index contributed by atoms with van der Waals surface area (Å²) in [5.74, 6) is -0.125. The highest BCUT2D eigenvalue weighted by molar-refractivity contribution is 5.82. The zero-order valence-corrected chi connectivity index (χ0v) is 13.5.